The molecule has 0 spiro atoms. The molecule has 3 rings (SSSR count). The van der Waals surface area contributed by atoms with Gasteiger partial charge in [-0.15, -0.1) is 0 Å². The number of benzene rings is 2. The average Bonchev–Trinajstić information content (AvgIpc) is 2.54. The SMILES string of the molecule is Cc1cc(=O)oc2cc(NC(=S)Nc3ccccc3[N+](=O)[O-])ccc12. The number of hydrogen-bond donors (Lipinski definition) is 2. The van der Waals surface area contributed by atoms with E-state index >= 15 is 0 Å². The molecule has 0 aliphatic rings. The van der Waals surface area contributed by atoms with Gasteiger partial charge in [-0.25, -0.2) is 4.79 Å². The maximum absolute atomic E-state index is 11.5. The minimum absolute atomic E-state index is 0.0771. The molecule has 0 fully saturated rings. The van der Waals surface area contributed by atoms with Crippen LogP contribution in [0.2, 0.25) is 0 Å². The maximum Gasteiger partial charge on any atom is 0.336 e. The zero-order valence-electron chi connectivity index (χ0n) is 13.1. The smallest absolute Gasteiger partial charge is 0.336 e. The fourth-order valence-corrected chi connectivity index (χ4v) is 2.65. The molecule has 2 aromatic carbocycles. The Bertz CT molecular complexity index is 1050. The van der Waals surface area contributed by atoms with Gasteiger partial charge in [0.2, 0.25) is 0 Å². The zero-order valence-corrected chi connectivity index (χ0v) is 13.9. The Balaban J connectivity index is 1.83. The highest BCUT2D eigenvalue weighted by atomic mass is 32.1. The lowest BCUT2D eigenvalue weighted by molar-refractivity contribution is -0.383. The summed E-state index contributed by atoms with van der Waals surface area (Å²) in [6.07, 6.45) is 0. The number of para-hydroxylation sites is 2. The Kier molecular flexibility index (Phi) is 4.44. The molecule has 3 aromatic rings. The molecule has 0 saturated heterocycles. The standard InChI is InChI=1S/C17H13N3O4S/c1-10-8-16(21)24-15-9-11(6-7-12(10)15)18-17(25)19-13-4-2-3-5-14(13)20(22)23/h2-9H,1H3,(H2,18,19,25). The number of nitrogens with zero attached hydrogens (tertiary/aromatic N) is 1. The van der Waals surface area contributed by atoms with Crippen LogP contribution in [0.4, 0.5) is 17.1 Å². The van der Waals surface area contributed by atoms with Crippen LogP contribution < -0.4 is 16.3 Å². The third kappa shape index (κ3) is 3.64. The first-order valence-electron chi connectivity index (χ1n) is 7.30. The van der Waals surface area contributed by atoms with E-state index in [-0.39, 0.29) is 16.5 Å². The first kappa shape index (κ1) is 16.6. The van der Waals surface area contributed by atoms with Crippen LogP contribution in [0, 0.1) is 17.0 Å². The topological polar surface area (TPSA) is 97.4 Å². The molecule has 1 heterocycles. The highest BCUT2D eigenvalue weighted by Gasteiger charge is 2.13. The minimum atomic E-state index is -0.488. The second-order valence-corrected chi connectivity index (χ2v) is 5.72. The third-order valence-electron chi connectivity index (χ3n) is 3.56. The molecule has 0 aliphatic heterocycles. The lowest BCUT2D eigenvalue weighted by Crippen LogP contribution is -2.19. The number of nitro groups is 1. The number of nitro benzene ring substituents is 1. The zero-order chi connectivity index (χ0) is 18.0. The normalized spacial score (nSPS) is 10.4. The number of thiocarbonyl (C=S) groups is 1. The van der Waals surface area contributed by atoms with Crippen LogP contribution in [-0.4, -0.2) is 10.0 Å². The van der Waals surface area contributed by atoms with Crippen molar-refractivity contribution in [2.24, 2.45) is 0 Å². The number of nitrogens with one attached hydrogen (secondary N) is 2. The Morgan fingerprint density at radius 1 is 1.16 bits per heavy atom. The molecule has 0 bridgehead atoms. The summed E-state index contributed by atoms with van der Waals surface area (Å²) in [6, 6.07) is 12.9. The fourth-order valence-electron chi connectivity index (χ4n) is 2.43. The van der Waals surface area contributed by atoms with Crippen molar-refractivity contribution in [2.45, 2.75) is 6.92 Å². The van der Waals surface area contributed by atoms with Crippen molar-refractivity contribution in [3.63, 3.8) is 0 Å². The van der Waals surface area contributed by atoms with Gasteiger partial charge in [-0.2, -0.15) is 0 Å². The van der Waals surface area contributed by atoms with Crippen molar-refractivity contribution in [2.75, 3.05) is 10.6 Å². The molecular formula is C17H13N3O4S. The van der Waals surface area contributed by atoms with Crippen LogP contribution in [0.3, 0.4) is 0 Å². The molecular weight excluding hydrogens is 342 g/mol. The lowest BCUT2D eigenvalue weighted by Gasteiger charge is -2.11. The van der Waals surface area contributed by atoms with Crippen LogP contribution in [0.1, 0.15) is 5.56 Å². The molecule has 7 nitrogen and oxygen atoms in total. The summed E-state index contributed by atoms with van der Waals surface area (Å²) < 4.78 is 5.19. The van der Waals surface area contributed by atoms with Crippen LogP contribution in [0.5, 0.6) is 0 Å². The average molecular weight is 355 g/mol. The molecule has 25 heavy (non-hydrogen) atoms. The fraction of sp³-hybridized carbons (Fsp3) is 0.0588. The summed E-state index contributed by atoms with van der Waals surface area (Å²) in [5, 5.41) is 17.8. The van der Waals surface area contributed by atoms with Crippen LogP contribution in [-0.2, 0) is 0 Å². The minimum Gasteiger partial charge on any atom is -0.423 e. The van der Waals surface area contributed by atoms with Gasteiger partial charge in [-0.05, 0) is 42.9 Å². The number of anilines is 2. The Morgan fingerprint density at radius 2 is 1.92 bits per heavy atom. The van der Waals surface area contributed by atoms with E-state index in [1.165, 1.54) is 12.1 Å². The Labute approximate surface area is 147 Å². The second kappa shape index (κ2) is 6.70. The van der Waals surface area contributed by atoms with Crippen molar-refractivity contribution >= 4 is 45.4 Å². The summed E-state index contributed by atoms with van der Waals surface area (Å²) in [7, 11) is 0. The second-order valence-electron chi connectivity index (χ2n) is 5.31. The molecule has 2 N–H and O–H groups in total. The van der Waals surface area contributed by atoms with Crippen LogP contribution >= 0.6 is 12.2 Å². The molecule has 126 valence electrons. The lowest BCUT2D eigenvalue weighted by atomic mass is 10.1. The van der Waals surface area contributed by atoms with E-state index in [0.29, 0.717) is 11.3 Å². The summed E-state index contributed by atoms with van der Waals surface area (Å²) in [4.78, 5) is 22.0. The Hall–Kier alpha value is -3.26. The molecule has 1 aromatic heterocycles. The van der Waals surface area contributed by atoms with Crippen molar-refractivity contribution in [3.05, 3.63) is 74.6 Å². The van der Waals surface area contributed by atoms with E-state index < -0.39 is 10.5 Å². The molecule has 0 saturated carbocycles. The third-order valence-corrected chi connectivity index (χ3v) is 3.76. The number of rotatable bonds is 3. The quantitative estimate of drug-likeness (QED) is 0.319. The predicted molar refractivity (Wildman–Crippen MR) is 100 cm³/mol. The number of aryl methyl sites for hydroxylation is 1. The van der Waals surface area contributed by atoms with Crippen molar-refractivity contribution < 1.29 is 9.34 Å². The van der Waals surface area contributed by atoms with Gasteiger partial charge < -0.3 is 15.1 Å². The van der Waals surface area contributed by atoms with E-state index in [4.69, 9.17) is 16.6 Å². The molecule has 8 heteroatoms. The largest absolute Gasteiger partial charge is 0.423 e. The predicted octanol–water partition coefficient (Wildman–Crippen LogP) is 3.82. The van der Waals surface area contributed by atoms with Gasteiger partial charge in [0.25, 0.3) is 5.69 Å². The van der Waals surface area contributed by atoms with Gasteiger partial charge in [-0.3, -0.25) is 10.1 Å². The highest BCUT2D eigenvalue weighted by Crippen LogP contribution is 2.24. The van der Waals surface area contributed by atoms with Crippen LogP contribution in [0.15, 0.2) is 57.7 Å². The van der Waals surface area contributed by atoms with Crippen molar-refractivity contribution in [3.8, 4) is 0 Å². The van der Waals surface area contributed by atoms with E-state index in [0.717, 1.165) is 10.9 Å². The number of hydrogen-bond acceptors (Lipinski definition) is 5. The van der Waals surface area contributed by atoms with E-state index in [1.807, 2.05) is 13.0 Å². The Morgan fingerprint density at radius 3 is 2.68 bits per heavy atom. The van der Waals surface area contributed by atoms with Gasteiger partial charge >= 0.3 is 5.63 Å². The number of fused-ring (bicyclic) bond motifs is 1. The van der Waals surface area contributed by atoms with Crippen LogP contribution in [0.25, 0.3) is 11.0 Å². The first-order valence-corrected chi connectivity index (χ1v) is 7.71. The molecule has 0 radical (unpaired) electrons. The van der Waals surface area contributed by atoms with Gasteiger partial charge in [-0.1, -0.05) is 12.1 Å². The van der Waals surface area contributed by atoms with Crippen molar-refractivity contribution in [1.29, 1.82) is 0 Å². The molecule has 0 atom stereocenters. The summed E-state index contributed by atoms with van der Waals surface area (Å²) in [5.41, 5.74) is 1.63. The molecule has 0 unspecified atom stereocenters. The summed E-state index contributed by atoms with van der Waals surface area (Å²) in [6.45, 7) is 1.83. The van der Waals surface area contributed by atoms with Crippen molar-refractivity contribution in [1.82, 2.24) is 0 Å². The highest BCUT2D eigenvalue weighted by molar-refractivity contribution is 7.80. The summed E-state index contributed by atoms with van der Waals surface area (Å²) in [5.74, 6) is 0. The van der Waals surface area contributed by atoms with Gasteiger partial charge in [0.15, 0.2) is 5.11 Å². The monoisotopic (exact) mass is 355 g/mol. The van der Waals surface area contributed by atoms with E-state index in [1.54, 1.807) is 30.3 Å². The van der Waals surface area contributed by atoms with E-state index in [9.17, 15) is 14.9 Å². The molecule has 0 amide bonds. The molecule has 0 aliphatic carbocycles. The van der Waals surface area contributed by atoms with E-state index in [2.05, 4.69) is 10.6 Å². The van der Waals surface area contributed by atoms with Gasteiger partial charge in [0, 0.05) is 29.3 Å². The van der Waals surface area contributed by atoms with Gasteiger partial charge in [0.1, 0.15) is 11.3 Å². The summed E-state index contributed by atoms with van der Waals surface area (Å²) >= 11 is 5.20. The first-order chi connectivity index (χ1) is 11.9. The maximum atomic E-state index is 11.5. The van der Waals surface area contributed by atoms with Gasteiger partial charge in [0.05, 0.1) is 4.92 Å².